The number of nitrogens with one attached hydrogen (secondary N) is 1. The van der Waals surface area contributed by atoms with Crippen LogP contribution in [0.25, 0.3) is 11.0 Å². The highest BCUT2D eigenvalue weighted by Gasteiger charge is 2.14. The molecule has 0 spiro atoms. The van der Waals surface area contributed by atoms with Crippen LogP contribution in [0.5, 0.6) is 0 Å². The number of furan rings is 1. The third-order valence-electron chi connectivity index (χ3n) is 3.43. The maximum Gasteiger partial charge on any atom is 0.407 e. The summed E-state index contributed by atoms with van der Waals surface area (Å²) in [7, 11) is 0. The maximum absolute atomic E-state index is 11.6. The van der Waals surface area contributed by atoms with Gasteiger partial charge in [-0.1, -0.05) is 48.5 Å². The Kier molecular flexibility index (Phi) is 4.59. The first-order valence-corrected chi connectivity index (χ1v) is 7.33. The number of fused-ring (bicyclic) bond motifs is 1. The van der Waals surface area contributed by atoms with Gasteiger partial charge in [-0.05, 0) is 17.7 Å². The summed E-state index contributed by atoms with van der Waals surface area (Å²) in [6, 6.07) is 18.6. The fourth-order valence-electron chi connectivity index (χ4n) is 2.22. The van der Waals surface area contributed by atoms with Crippen LogP contribution in [0.2, 0.25) is 0 Å². The number of para-hydroxylation sites is 1. The summed E-state index contributed by atoms with van der Waals surface area (Å²) in [4.78, 5) is 11.6. The predicted octanol–water partition coefficient (Wildman–Crippen LogP) is 3.39. The van der Waals surface area contributed by atoms with E-state index in [1.165, 1.54) is 0 Å². The minimum absolute atomic E-state index is 0.0213. The van der Waals surface area contributed by atoms with E-state index in [4.69, 9.17) is 9.15 Å². The maximum atomic E-state index is 11.6. The number of carbonyl (C=O) groups excluding carboxylic acids is 1. The van der Waals surface area contributed by atoms with Crippen molar-refractivity contribution in [2.45, 2.75) is 12.7 Å². The lowest BCUT2D eigenvalue weighted by atomic mass is 10.2. The molecule has 1 atom stereocenters. The average molecular weight is 311 g/mol. The number of benzene rings is 2. The van der Waals surface area contributed by atoms with Crippen LogP contribution < -0.4 is 5.32 Å². The Labute approximate surface area is 133 Å². The van der Waals surface area contributed by atoms with E-state index in [0.29, 0.717) is 11.3 Å². The van der Waals surface area contributed by atoms with Gasteiger partial charge in [-0.15, -0.1) is 0 Å². The fourth-order valence-corrected chi connectivity index (χ4v) is 2.22. The zero-order chi connectivity index (χ0) is 16.1. The second-order valence-electron chi connectivity index (χ2n) is 5.15. The van der Waals surface area contributed by atoms with Gasteiger partial charge in [-0.3, -0.25) is 0 Å². The van der Waals surface area contributed by atoms with Crippen LogP contribution in [0.1, 0.15) is 17.4 Å². The number of amides is 1. The molecule has 5 heteroatoms. The third kappa shape index (κ3) is 3.90. The van der Waals surface area contributed by atoms with Crippen LogP contribution in [-0.2, 0) is 11.3 Å². The Morgan fingerprint density at radius 3 is 2.65 bits per heavy atom. The van der Waals surface area contributed by atoms with Gasteiger partial charge in [0.1, 0.15) is 24.1 Å². The number of rotatable bonds is 5. The molecule has 0 saturated carbocycles. The molecule has 118 valence electrons. The van der Waals surface area contributed by atoms with E-state index in [-0.39, 0.29) is 13.2 Å². The first-order chi connectivity index (χ1) is 11.2. The number of hydrogen-bond donors (Lipinski definition) is 2. The summed E-state index contributed by atoms with van der Waals surface area (Å²) in [5.41, 5.74) is 1.61. The van der Waals surface area contributed by atoms with Gasteiger partial charge in [-0.2, -0.15) is 0 Å². The number of alkyl carbamates (subject to hydrolysis) is 1. The van der Waals surface area contributed by atoms with Crippen LogP contribution >= 0.6 is 0 Å². The van der Waals surface area contributed by atoms with Gasteiger partial charge in [0.15, 0.2) is 0 Å². The molecule has 0 aliphatic carbocycles. The van der Waals surface area contributed by atoms with Gasteiger partial charge in [0.05, 0.1) is 6.54 Å². The molecule has 3 rings (SSSR count). The molecule has 0 bridgehead atoms. The lowest BCUT2D eigenvalue weighted by Crippen LogP contribution is -2.28. The van der Waals surface area contributed by atoms with Gasteiger partial charge in [0.2, 0.25) is 0 Å². The molecule has 0 fully saturated rings. The van der Waals surface area contributed by atoms with Gasteiger partial charge in [0, 0.05) is 5.39 Å². The Bertz CT molecular complexity index is 749. The van der Waals surface area contributed by atoms with E-state index in [0.717, 1.165) is 10.9 Å². The average Bonchev–Trinajstić information content (AvgIpc) is 3.03. The second-order valence-corrected chi connectivity index (χ2v) is 5.15. The van der Waals surface area contributed by atoms with Crippen molar-refractivity contribution in [1.29, 1.82) is 0 Å². The molecule has 5 nitrogen and oxygen atoms in total. The van der Waals surface area contributed by atoms with Crippen molar-refractivity contribution < 1.29 is 19.1 Å². The van der Waals surface area contributed by atoms with Crippen LogP contribution in [-0.4, -0.2) is 17.7 Å². The number of carbonyl (C=O) groups is 1. The topological polar surface area (TPSA) is 71.7 Å². The Morgan fingerprint density at radius 1 is 1.13 bits per heavy atom. The summed E-state index contributed by atoms with van der Waals surface area (Å²) in [5, 5.41) is 13.5. The van der Waals surface area contributed by atoms with Gasteiger partial charge >= 0.3 is 6.09 Å². The lowest BCUT2D eigenvalue weighted by Gasteiger charge is -2.10. The zero-order valence-electron chi connectivity index (χ0n) is 12.4. The van der Waals surface area contributed by atoms with Crippen LogP contribution in [0.4, 0.5) is 4.79 Å². The summed E-state index contributed by atoms with van der Waals surface area (Å²) < 4.78 is 10.6. The predicted molar refractivity (Wildman–Crippen MR) is 85.8 cm³/mol. The van der Waals surface area contributed by atoms with Crippen molar-refractivity contribution >= 4 is 17.1 Å². The standard InChI is InChI=1S/C18H17NO4/c20-15(17-10-14-8-4-5-9-16(14)23-17)11-19-18(21)22-12-13-6-2-1-3-7-13/h1-10,15,20H,11-12H2,(H,19,21)/t15-/m1/s1. The molecular formula is C18H17NO4. The molecule has 0 radical (unpaired) electrons. The smallest absolute Gasteiger partial charge is 0.407 e. The van der Waals surface area contributed by atoms with E-state index >= 15 is 0 Å². The van der Waals surface area contributed by atoms with Crippen molar-refractivity contribution in [2.75, 3.05) is 6.54 Å². The minimum Gasteiger partial charge on any atom is -0.458 e. The number of ether oxygens (including phenoxy) is 1. The summed E-state index contributed by atoms with van der Waals surface area (Å²) in [5.74, 6) is 0.412. The van der Waals surface area contributed by atoms with Crippen molar-refractivity contribution in [1.82, 2.24) is 5.32 Å². The van der Waals surface area contributed by atoms with Crippen molar-refractivity contribution in [3.8, 4) is 0 Å². The summed E-state index contributed by atoms with van der Waals surface area (Å²) >= 11 is 0. The molecule has 1 amide bonds. The Balaban J connectivity index is 1.50. The van der Waals surface area contributed by atoms with E-state index in [1.54, 1.807) is 6.07 Å². The summed E-state index contributed by atoms with van der Waals surface area (Å²) in [6.07, 6.45) is -1.50. The molecule has 2 aromatic carbocycles. The van der Waals surface area contributed by atoms with Crippen molar-refractivity contribution in [2.24, 2.45) is 0 Å². The van der Waals surface area contributed by atoms with E-state index < -0.39 is 12.2 Å². The van der Waals surface area contributed by atoms with E-state index in [1.807, 2.05) is 54.6 Å². The third-order valence-corrected chi connectivity index (χ3v) is 3.43. The molecule has 2 N–H and O–H groups in total. The number of aliphatic hydroxyl groups is 1. The van der Waals surface area contributed by atoms with Crippen LogP contribution in [0, 0.1) is 0 Å². The summed E-state index contributed by atoms with van der Waals surface area (Å²) in [6.45, 7) is 0.209. The monoisotopic (exact) mass is 311 g/mol. The highest BCUT2D eigenvalue weighted by molar-refractivity contribution is 5.77. The largest absolute Gasteiger partial charge is 0.458 e. The van der Waals surface area contributed by atoms with E-state index in [9.17, 15) is 9.90 Å². The molecule has 0 unspecified atom stereocenters. The normalized spacial score (nSPS) is 12.0. The number of hydrogen-bond acceptors (Lipinski definition) is 4. The lowest BCUT2D eigenvalue weighted by molar-refractivity contribution is 0.119. The minimum atomic E-state index is -0.924. The van der Waals surface area contributed by atoms with Crippen molar-refractivity contribution in [3.63, 3.8) is 0 Å². The van der Waals surface area contributed by atoms with Crippen LogP contribution in [0.3, 0.4) is 0 Å². The highest BCUT2D eigenvalue weighted by atomic mass is 16.5. The SMILES string of the molecule is O=C(NC[C@@H](O)c1cc2ccccc2o1)OCc1ccccc1. The molecule has 0 aliphatic heterocycles. The Morgan fingerprint density at radius 2 is 1.87 bits per heavy atom. The zero-order valence-corrected chi connectivity index (χ0v) is 12.4. The molecule has 23 heavy (non-hydrogen) atoms. The molecule has 0 saturated heterocycles. The van der Waals surface area contributed by atoms with Gasteiger partial charge in [0.25, 0.3) is 0 Å². The van der Waals surface area contributed by atoms with Gasteiger partial charge in [-0.25, -0.2) is 4.79 Å². The van der Waals surface area contributed by atoms with Crippen LogP contribution in [0.15, 0.2) is 65.1 Å². The quantitative estimate of drug-likeness (QED) is 0.757. The molecule has 1 aromatic heterocycles. The molecule has 3 aromatic rings. The Hall–Kier alpha value is -2.79. The highest BCUT2D eigenvalue weighted by Crippen LogP contribution is 2.23. The van der Waals surface area contributed by atoms with E-state index in [2.05, 4.69) is 5.32 Å². The number of aliphatic hydroxyl groups excluding tert-OH is 1. The first-order valence-electron chi connectivity index (χ1n) is 7.33. The molecular weight excluding hydrogens is 294 g/mol. The van der Waals surface area contributed by atoms with Crippen molar-refractivity contribution in [3.05, 3.63) is 72.0 Å². The molecule has 0 aliphatic rings. The molecule has 1 heterocycles. The van der Waals surface area contributed by atoms with Gasteiger partial charge < -0.3 is 19.6 Å². The fraction of sp³-hybridized carbons (Fsp3) is 0.167. The first kappa shape index (κ1) is 15.1. The second kappa shape index (κ2) is 6.98.